The van der Waals surface area contributed by atoms with Crippen molar-refractivity contribution in [1.82, 2.24) is 9.97 Å². The van der Waals surface area contributed by atoms with E-state index in [1.54, 1.807) is 18.2 Å². The van der Waals surface area contributed by atoms with E-state index in [9.17, 15) is 4.79 Å². The molecule has 0 N–H and O–H groups in total. The van der Waals surface area contributed by atoms with Crippen LogP contribution in [-0.4, -0.2) is 34.1 Å². The third kappa shape index (κ3) is 5.05. The predicted molar refractivity (Wildman–Crippen MR) is 123 cm³/mol. The third-order valence-corrected chi connectivity index (χ3v) is 5.35. The number of carbonyl (C=O) groups is 1. The topological polar surface area (TPSA) is 61.3 Å². The highest BCUT2D eigenvalue weighted by Crippen LogP contribution is 2.34. The van der Waals surface area contributed by atoms with Crippen molar-refractivity contribution in [3.63, 3.8) is 0 Å². The molecule has 0 amide bonds. The second-order valence-corrected chi connectivity index (χ2v) is 7.76. The Bertz CT molecular complexity index is 1030. The molecular formula is C22H20ClIN2O3. The minimum Gasteiger partial charge on any atom is -0.477 e. The summed E-state index contributed by atoms with van der Waals surface area (Å²) in [7, 11) is 1.33. The summed E-state index contributed by atoms with van der Waals surface area (Å²) in [6.07, 6.45) is 0.896. The number of methoxy groups -OCH3 is 1. The summed E-state index contributed by atoms with van der Waals surface area (Å²) in [6.45, 7) is 2.56. The van der Waals surface area contributed by atoms with E-state index >= 15 is 0 Å². The fourth-order valence-electron chi connectivity index (χ4n) is 2.85. The number of rotatable bonds is 7. The summed E-state index contributed by atoms with van der Waals surface area (Å²) in [4.78, 5) is 21.2. The lowest BCUT2D eigenvalue weighted by Gasteiger charge is -2.14. The van der Waals surface area contributed by atoms with Gasteiger partial charge >= 0.3 is 5.97 Å². The Hall–Kier alpha value is -2.19. The molecule has 0 bridgehead atoms. The van der Waals surface area contributed by atoms with Crippen LogP contribution in [0, 0.1) is 6.92 Å². The smallest absolute Gasteiger partial charge is 0.356 e. The minimum atomic E-state index is -0.505. The zero-order chi connectivity index (χ0) is 20.8. The van der Waals surface area contributed by atoms with Crippen molar-refractivity contribution in [3.8, 4) is 28.4 Å². The number of halogens is 2. The van der Waals surface area contributed by atoms with Gasteiger partial charge in [0.25, 0.3) is 0 Å². The number of alkyl halides is 1. The Balaban J connectivity index is 2.14. The van der Waals surface area contributed by atoms with E-state index in [-0.39, 0.29) is 5.69 Å². The van der Waals surface area contributed by atoms with Gasteiger partial charge in [-0.05, 0) is 48.7 Å². The van der Waals surface area contributed by atoms with Crippen molar-refractivity contribution in [2.45, 2.75) is 13.3 Å². The molecule has 3 aromatic rings. The number of carbonyl (C=O) groups excluding carboxylic acids is 1. The number of hydrogen-bond donors (Lipinski definition) is 0. The molecule has 0 spiro atoms. The molecule has 0 atom stereocenters. The molecule has 0 saturated heterocycles. The molecule has 0 unspecified atom stereocenters. The highest BCUT2D eigenvalue weighted by atomic mass is 127. The first-order chi connectivity index (χ1) is 14.0. The van der Waals surface area contributed by atoms with E-state index in [4.69, 9.17) is 21.1 Å². The highest BCUT2D eigenvalue weighted by molar-refractivity contribution is 14.1. The molecule has 0 fully saturated rings. The van der Waals surface area contributed by atoms with Crippen molar-refractivity contribution in [3.05, 3.63) is 64.8 Å². The first kappa shape index (κ1) is 21.5. The molecule has 0 aliphatic heterocycles. The van der Waals surface area contributed by atoms with Crippen LogP contribution in [0.2, 0.25) is 5.02 Å². The molecule has 2 heterocycles. The van der Waals surface area contributed by atoms with E-state index in [0.717, 1.165) is 27.5 Å². The van der Waals surface area contributed by atoms with Crippen LogP contribution < -0.4 is 4.74 Å². The lowest BCUT2D eigenvalue weighted by Crippen LogP contribution is -2.07. The Morgan fingerprint density at radius 3 is 2.59 bits per heavy atom. The van der Waals surface area contributed by atoms with Crippen LogP contribution in [0.5, 0.6) is 5.88 Å². The number of nitrogens with zero attached hydrogens (tertiary/aromatic N) is 2. The number of ether oxygens (including phenoxy) is 2. The summed E-state index contributed by atoms with van der Waals surface area (Å²) in [5, 5.41) is 0.434. The maximum atomic E-state index is 12.1. The molecule has 3 rings (SSSR count). The van der Waals surface area contributed by atoms with E-state index in [2.05, 4.69) is 32.6 Å². The van der Waals surface area contributed by atoms with Gasteiger partial charge < -0.3 is 9.47 Å². The zero-order valence-electron chi connectivity index (χ0n) is 16.1. The average molecular weight is 523 g/mol. The van der Waals surface area contributed by atoms with Gasteiger partial charge in [-0.3, -0.25) is 0 Å². The van der Waals surface area contributed by atoms with Gasteiger partial charge in [-0.15, -0.1) is 0 Å². The zero-order valence-corrected chi connectivity index (χ0v) is 19.0. The summed E-state index contributed by atoms with van der Waals surface area (Å²) < 4.78 is 11.6. The fourth-order valence-corrected chi connectivity index (χ4v) is 3.32. The minimum absolute atomic E-state index is 0.212. The number of aryl methyl sites for hydroxylation is 1. The van der Waals surface area contributed by atoms with Crippen LogP contribution in [0.3, 0.4) is 0 Å². The molecular weight excluding hydrogens is 503 g/mol. The van der Waals surface area contributed by atoms with Gasteiger partial charge in [0.15, 0.2) is 0 Å². The molecule has 2 aromatic heterocycles. The highest BCUT2D eigenvalue weighted by Gasteiger charge is 2.18. The fraction of sp³-hybridized carbons (Fsp3) is 0.227. The van der Waals surface area contributed by atoms with Gasteiger partial charge in [0, 0.05) is 9.99 Å². The maximum absolute atomic E-state index is 12.1. The normalized spacial score (nSPS) is 10.6. The van der Waals surface area contributed by atoms with Crippen LogP contribution in [-0.2, 0) is 4.74 Å². The van der Waals surface area contributed by atoms with Gasteiger partial charge in [0.2, 0.25) is 5.88 Å². The lowest BCUT2D eigenvalue weighted by atomic mass is 9.97. The van der Waals surface area contributed by atoms with Crippen LogP contribution in [0.1, 0.15) is 22.5 Å². The van der Waals surface area contributed by atoms with Crippen molar-refractivity contribution < 1.29 is 14.3 Å². The first-order valence-corrected chi connectivity index (χ1v) is 11.0. The monoisotopic (exact) mass is 522 g/mol. The van der Waals surface area contributed by atoms with Crippen molar-refractivity contribution in [2.75, 3.05) is 18.1 Å². The van der Waals surface area contributed by atoms with E-state index in [1.807, 2.05) is 37.3 Å². The van der Waals surface area contributed by atoms with Gasteiger partial charge in [0.05, 0.1) is 25.1 Å². The number of pyridine rings is 2. The molecule has 0 radical (unpaired) electrons. The van der Waals surface area contributed by atoms with Crippen LogP contribution in [0.15, 0.2) is 48.5 Å². The molecule has 7 heteroatoms. The standard InChI is InChI=1S/C22H20ClIN2O3/c1-14-6-3-4-7-15(14)16-8-10-19(22(27)28-2)25-20(16)18-11-9-17(23)21(26-18)29-13-5-12-24/h3-4,6-11H,5,12-13H2,1-2H3. The summed E-state index contributed by atoms with van der Waals surface area (Å²) >= 11 is 8.56. The van der Waals surface area contributed by atoms with Gasteiger partial charge in [-0.2, -0.15) is 0 Å². The van der Waals surface area contributed by atoms with E-state index < -0.39 is 5.97 Å². The van der Waals surface area contributed by atoms with Crippen LogP contribution in [0.25, 0.3) is 22.5 Å². The average Bonchev–Trinajstić information content (AvgIpc) is 2.74. The van der Waals surface area contributed by atoms with Crippen molar-refractivity contribution in [2.24, 2.45) is 0 Å². The molecule has 150 valence electrons. The molecule has 0 aliphatic carbocycles. The Morgan fingerprint density at radius 2 is 1.86 bits per heavy atom. The van der Waals surface area contributed by atoms with E-state index in [1.165, 1.54) is 7.11 Å². The van der Waals surface area contributed by atoms with Crippen molar-refractivity contribution >= 4 is 40.2 Å². The second kappa shape index (κ2) is 10.0. The molecule has 1 aromatic carbocycles. The van der Waals surface area contributed by atoms with Crippen LogP contribution in [0.4, 0.5) is 0 Å². The largest absolute Gasteiger partial charge is 0.477 e. The predicted octanol–water partition coefficient (Wildman–Crippen LogP) is 5.76. The number of esters is 1. The lowest BCUT2D eigenvalue weighted by molar-refractivity contribution is 0.0594. The van der Waals surface area contributed by atoms with Gasteiger partial charge in [-0.25, -0.2) is 14.8 Å². The van der Waals surface area contributed by atoms with E-state index in [0.29, 0.717) is 28.9 Å². The number of aromatic nitrogens is 2. The SMILES string of the molecule is COC(=O)c1ccc(-c2ccccc2C)c(-c2ccc(Cl)c(OCCCI)n2)n1. The van der Waals surface area contributed by atoms with Crippen molar-refractivity contribution in [1.29, 1.82) is 0 Å². The second-order valence-electron chi connectivity index (χ2n) is 6.27. The molecule has 5 nitrogen and oxygen atoms in total. The number of benzene rings is 1. The van der Waals surface area contributed by atoms with Gasteiger partial charge in [-0.1, -0.05) is 58.5 Å². The third-order valence-electron chi connectivity index (χ3n) is 4.30. The maximum Gasteiger partial charge on any atom is 0.356 e. The molecule has 29 heavy (non-hydrogen) atoms. The van der Waals surface area contributed by atoms with Crippen LogP contribution >= 0.6 is 34.2 Å². The first-order valence-electron chi connectivity index (χ1n) is 9.06. The molecule has 0 aliphatic rings. The Kier molecular flexibility index (Phi) is 7.44. The Morgan fingerprint density at radius 1 is 1.07 bits per heavy atom. The summed E-state index contributed by atoms with van der Waals surface area (Å²) in [5.74, 6) is -0.148. The molecule has 0 saturated carbocycles. The summed E-state index contributed by atoms with van der Waals surface area (Å²) in [6, 6.07) is 15.0. The van der Waals surface area contributed by atoms with Gasteiger partial charge in [0.1, 0.15) is 10.7 Å². The number of hydrogen-bond acceptors (Lipinski definition) is 5. The quantitative estimate of drug-likeness (QED) is 0.171. The Labute approximate surface area is 188 Å². The summed E-state index contributed by atoms with van der Waals surface area (Å²) in [5.41, 5.74) is 4.32.